The fourth-order valence-corrected chi connectivity index (χ4v) is 2.27. The standard InChI is InChI=1S/C19H21N5O/c1-13-6-8-15(9-7-13)22-18-11-17(16-5-3-4-10-20-16)23-19(24-18)21-14(2)12-25/h3-11,14,25H,12H2,1-2H3,(H2,21,22,23,24)/t14-/m0/s1. The number of rotatable bonds is 6. The van der Waals surface area contributed by atoms with Crippen molar-refractivity contribution in [3.05, 3.63) is 60.3 Å². The Morgan fingerprint density at radius 1 is 1.04 bits per heavy atom. The normalized spacial score (nSPS) is 11.8. The van der Waals surface area contributed by atoms with Gasteiger partial charge in [0.2, 0.25) is 5.95 Å². The first-order valence-corrected chi connectivity index (χ1v) is 8.15. The van der Waals surface area contributed by atoms with E-state index in [0.29, 0.717) is 17.5 Å². The summed E-state index contributed by atoms with van der Waals surface area (Å²) < 4.78 is 0. The summed E-state index contributed by atoms with van der Waals surface area (Å²) in [6.07, 6.45) is 1.73. The highest BCUT2D eigenvalue weighted by atomic mass is 16.3. The highest BCUT2D eigenvalue weighted by Crippen LogP contribution is 2.22. The van der Waals surface area contributed by atoms with Crippen molar-refractivity contribution in [1.82, 2.24) is 15.0 Å². The monoisotopic (exact) mass is 335 g/mol. The molecule has 6 heteroatoms. The summed E-state index contributed by atoms with van der Waals surface area (Å²) in [4.78, 5) is 13.4. The molecule has 2 aromatic heterocycles. The number of aliphatic hydroxyl groups is 1. The number of anilines is 3. The predicted octanol–water partition coefficient (Wildman–Crippen LogP) is 3.38. The summed E-state index contributed by atoms with van der Waals surface area (Å²) in [5.41, 5.74) is 3.60. The van der Waals surface area contributed by atoms with Crippen molar-refractivity contribution in [3.63, 3.8) is 0 Å². The Hall–Kier alpha value is -2.99. The number of nitrogens with zero attached hydrogens (tertiary/aromatic N) is 3. The van der Waals surface area contributed by atoms with Crippen molar-refractivity contribution < 1.29 is 5.11 Å². The van der Waals surface area contributed by atoms with E-state index in [9.17, 15) is 5.11 Å². The Labute approximate surface area is 147 Å². The highest BCUT2D eigenvalue weighted by molar-refractivity contribution is 5.65. The lowest BCUT2D eigenvalue weighted by atomic mass is 10.2. The van der Waals surface area contributed by atoms with Crippen LogP contribution in [-0.4, -0.2) is 32.7 Å². The van der Waals surface area contributed by atoms with Crippen LogP contribution in [0.25, 0.3) is 11.4 Å². The number of aryl methyl sites for hydroxylation is 1. The molecule has 0 radical (unpaired) electrons. The molecule has 6 nitrogen and oxygen atoms in total. The number of pyridine rings is 1. The summed E-state index contributed by atoms with van der Waals surface area (Å²) in [5.74, 6) is 1.10. The number of aromatic nitrogens is 3. The van der Waals surface area contributed by atoms with E-state index in [1.54, 1.807) is 6.20 Å². The Morgan fingerprint density at radius 3 is 2.52 bits per heavy atom. The SMILES string of the molecule is Cc1ccc(Nc2cc(-c3ccccn3)nc(N[C@@H](C)CO)n2)cc1. The fraction of sp³-hybridized carbons (Fsp3) is 0.211. The van der Waals surface area contributed by atoms with E-state index < -0.39 is 0 Å². The third-order valence-corrected chi connectivity index (χ3v) is 3.63. The summed E-state index contributed by atoms with van der Waals surface area (Å²) >= 11 is 0. The summed E-state index contributed by atoms with van der Waals surface area (Å²) in [6.45, 7) is 3.91. The first-order valence-electron chi connectivity index (χ1n) is 8.15. The van der Waals surface area contributed by atoms with Gasteiger partial charge in [-0.05, 0) is 38.1 Å². The second-order valence-corrected chi connectivity index (χ2v) is 5.90. The van der Waals surface area contributed by atoms with Gasteiger partial charge in [-0.25, -0.2) is 4.98 Å². The fourth-order valence-electron chi connectivity index (χ4n) is 2.27. The molecule has 0 fully saturated rings. The Balaban J connectivity index is 1.95. The first kappa shape index (κ1) is 16.9. The van der Waals surface area contributed by atoms with Crippen LogP contribution in [0.15, 0.2) is 54.7 Å². The lowest BCUT2D eigenvalue weighted by molar-refractivity contribution is 0.281. The van der Waals surface area contributed by atoms with E-state index in [0.717, 1.165) is 11.4 Å². The van der Waals surface area contributed by atoms with E-state index in [2.05, 4.69) is 25.6 Å². The minimum atomic E-state index is -0.147. The van der Waals surface area contributed by atoms with Gasteiger partial charge >= 0.3 is 0 Å². The van der Waals surface area contributed by atoms with Gasteiger partial charge in [-0.1, -0.05) is 23.8 Å². The molecule has 128 valence electrons. The molecule has 3 aromatic rings. The Kier molecular flexibility index (Phi) is 5.20. The number of benzene rings is 1. The molecule has 0 spiro atoms. The molecule has 0 amide bonds. The van der Waals surface area contributed by atoms with Crippen molar-refractivity contribution >= 4 is 17.5 Å². The van der Waals surface area contributed by atoms with Crippen LogP contribution in [0.2, 0.25) is 0 Å². The van der Waals surface area contributed by atoms with Crippen LogP contribution in [0, 0.1) is 6.92 Å². The molecule has 0 aliphatic rings. The van der Waals surface area contributed by atoms with Gasteiger partial charge in [0, 0.05) is 24.0 Å². The molecule has 0 saturated heterocycles. The highest BCUT2D eigenvalue weighted by Gasteiger charge is 2.10. The molecule has 25 heavy (non-hydrogen) atoms. The molecule has 2 heterocycles. The van der Waals surface area contributed by atoms with E-state index in [1.807, 2.05) is 62.4 Å². The molecule has 0 aliphatic carbocycles. The molecule has 1 atom stereocenters. The third-order valence-electron chi connectivity index (χ3n) is 3.63. The molecule has 3 rings (SSSR count). The lowest BCUT2D eigenvalue weighted by Gasteiger charge is -2.14. The summed E-state index contributed by atoms with van der Waals surface area (Å²) in [6, 6.07) is 15.5. The van der Waals surface area contributed by atoms with Crippen LogP contribution in [0.4, 0.5) is 17.5 Å². The average molecular weight is 335 g/mol. The zero-order valence-corrected chi connectivity index (χ0v) is 14.3. The Bertz CT molecular complexity index is 821. The smallest absolute Gasteiger partial charge is 0.225 e. The van der Waals surface area contributed by atoms with E-state index in [1.165, 1.54) is 5.56 Å². The van der Waals surface area contributed by atoms with Gasteiger partial charge in [0.15, 0.2) is 0 Å². The average Bonchev–Trinajstić information content (AvgIpc) is 2.64. The molecule has 1 aromatic carbocycles. The minimum absolute atomic E-state index is 0.00208. The van der Waals surface area contributed by atoms with Gasteiger partial charge in [-0.3, -0.25) is 4.98 Å². The van der Waals surface area contributed by atoms with Gasteiger partial charge in [-0.15, -0.1) is 0 Å². The molecule has 0 unspecified atom stereocenters. The zero-order valence-electron chi connectivity index (χ0n) is 14.3. The van der Waals surface area contributed by atoms with Gasteiger partial charge in [0.25, 0.3) is 0 Å². The first-order chi connectivity index (χ1) is 12.1. The molecular weight excluding hydrogens is 314 g/mol. The van der Waals surface area contributed by atoms with Crippen molar-refractivity contribution in [2.24, 2.45) is 0 Å². The number of aliphatic hydroxyl groups excluding tert-OH is 1. The Morgan fingerprint density at radius 2 is 1.84 bits per heavy atom. The third kappa shape index (κ3) is 4.51. The van der Waals surface area contributed by atoms with E-state index in [-0.39, 0.29) is 12.6 Å². The minimum Gasteiger partial charge on any atom is -0.394 e. The zero-order chi connectivity index (χ0) is 17.6. The second-order valence-electron chi connectivity index (χ2n) is 5.90. The summed E-state index contributed by atoms with van der Waals surface area (Å²) in [7, 11) is 0. The predicted molar refractivity (Wildman–Crippen MR) is 99.9 cm³/mol. The van der Waals surface area contributed by atoms with Crippen LogP contribution in [0.1, 0.15) is 12.5 Å². The van der Waals surface area contributed by atoms with Gasteiger partial charge in [0.05, 0.1) is 18.0 Å². The van der Waals surface area contributed by atoms with E-state index >= 15 is 0 Å². The van der Waals surface area contributed by atoms with Crippen LogP contribution in [0.3, 0.4) is 0 Å². The number of nitrogens with one attached hydrogen (secondary N) is 2. The topological polar surface area (TPSA) is 83.0 Å². The molecule has 0 saturated carbocycles. The molecule has 0 bridgehead atoms. The van der Waals surface area contributed by atoms with Gasteiger partial charge in [0.1, 0.15) is 5.82 Å². The van der Waals surface area contributed by atoms with Crippen LogP contribution in [0.5, 0.6) is 0 Å². The van der Waals surface area contributed by atoms with E-state index in [4.69, 9.17) is 0 Å². The summed E-state index contributed by atoms with van der Waals surface area (Å²) in [5, 5.41) is 15.7. The largest absolute Gasteiger partial charge is 0.394 e. The maximum absolute atomic E-state index is 9.27. The molecule has 0 aliphatic heterocycles. The molecule has 3 N–H and O–H groups in total. The van der Waals surface area contributed by atoms with Crippen molar-refractivity contribution in [1.29, 1.82) is 0 Å². The maximum atomic E-state index is 9.27. The van der Waals surface area contributed by atoms with Crippen LogP contribution < -0.4 is 10.6 Å². The maximum Gasteiger partial charge on any atom is 0.225 e. The van der Waals surface area contributed by atoms with Crippen molar-refractivity contribution in [2.45, 2.75) is 19.9 Å². The van der Waals surface area contributed by atoms with Gasteiger partial charge in [-0.2, -0.15) is 4.98 Å². The second kappa shape index (κ2) is 7.72. The van der Waals surface area contributed by atoms with Crippen LogP contribution in [-0.2, 0) is 0 Å². The lowest BCUT2D eigenvalue weighted by Crippen LogP contribution is -2.21. The van der Waals surface area contributed by atoms with Crippen molar-refractivity contribution in [2.75, 3.05) is 17.2 Å². The number of hydrogen-bond acceptors (Lipinski definition) is 6. The number of hydrogen-bond donors (Lipinski definition) is 3. The van der Waals surface area contributed by atoms with Crippen molar-refractivity contribution in [3.8, 4) is 11.4 Å². The quantitative estimate of drug-likeness (QED) is 0.640. The van der Waals surface area contributed by atoms with Gasteiger partial charge < -0.3 is 15.7 Å². The molecular formula is C19H21N5O. The van der Waals surface area contributed by atoms with Crippen LogP contribution >= 0.6 is 0 Å².